The number of phenolic OH excluding ortho intramolecular Hbond substituents is 1. The van der Waals surface area contributed by atoms with E-state index in [0.29, 0.717) is 28.3 Å². The van der Waals surface area contributed by atoms with Crippen molar-refractivity contribution < 1.29 is 38.9 Å². The van der Waals surface area contributed by atoms with Crippen molar-refractivity contribution in [1.82, 2.24) is 9.88 Å². The Balaban J connectivity index is 1.67. The van der Waals surface area contributed by atoms with E-state index in [1.165, 1.54) is 18.2 Å². The molecular weight excluding hydrogens is 532 g/mol. The lowest BCUT2D eigenvalue weighted by Crippen LogP contribution is -2.74. The Morgan fingerprint density at radius 3 is 2.34 bits per heavy atom. The van der Waals surface area contributed by atoms with Crippen LogP contribution in [0.3, 0.4) is 0 Å². The molecule has 41 heavy (non-hydrogen) atoms. The van der Waals surface area contributed by atoms with E-state index in [0.717, 1.165) is 0 Å². The molecule has 1 heterocycles. The maximum absolute atomic E-state index is 14.1. The summed E-state index contributed by atoms with van der Waals surface area (Å²) in [6, 6.07) is 3.86. The molecular formula is C29H32N4O8. The van der Waals surface area contributed by atoms with Crippen LogP contribution >= 0.6 is 0 Å². The fourth-order valence-corrected chi connectivity index (χ4v) is 6.93. The van der Waals surface area contributed by atoms with Gasteiger partial charge in [-0.2, -0.15) is 0 Å². The molecule has 2 saturated carbocycles. The average Bonchev–Trinajstić information content (AvgIpc) is 2.90. The van der Waals surface area contributed by atoms with E-state index < -0.39 is 64.4 Å². The minimum atomic E-state index is -2.77. The number of likely N-dealkylation sites (N-methyl/N-ethyl adjacent to an activating group) is 1. The van der Waals surface area contributed by atoms with Crippen LogP contribution in [0.1, 0.15) is 22.3 Å². The van der Waals surface area contributed by atoms with Crippen molar-refractivity contribution in [3.8, 4) is 22.8 Å². The van der Waals surface area contributed by atoms with Gasteiger partial charge in [0.2, 0.25) is 11.8 Å². The quantitative estimate of drug-likeness (QED) is 0.416. The number of fused-ring (bicyclic) bond motifs is 3. The molecule has 216 valence electrons. The number of phenols is 1. The molecule has 12 heteroatoms. The Kier molecular flexibility index (Phi) is 6.74. The van der Waals surface area contributed by atoms with E-state index in [9.17, 15) is 34.2 Å². The number of carbonyl (C=O) groups excluding carboxylic acids is 5. The lowest BCUT2D eigenvalue weighted by atomic mass is 9.52. The highest BCUT2D eigenvalue weighted by Crippen LogP contribution is 2.53. The number of carbonyl (C=O) groups is 5. The van der Waals surface area contributed by atoms with Gasteiger partial charge in [-0.1, -0.05) is 0 Å². The number of Topliss-reactive ketones (excluding diaryl/α,β-unsaturated/α-hetero) is 4. The van der Waals surface area contributed by atoms with Gasteiger partial charge < -0.3 is 25.6 Å². The Morgan fingerprint density at radius 2 is 1.80 bits per heavy atom. The van der Waals surface area contributed by atoms with Gasteiger partial charge in [0.15, 0.2) is 34.7 Å². The molecule has 4 N–H and O–H groups in total. The van der Waals surface area contributed by atoms with Crippen molar-refractivity contribution in [2.24, 2.45) is 29.4 Å². The minimum Gasteiger partial charge on any atom is -0.507 e. The smallest absolute Gasteiger partial charge is 0.235 e. The lowest BCUT2D eigenvalue weighted by Gasteiger charge is -2.52. The fourth-order valence-electron chi connectivity index (χ4n) is 6.93. The van der Waals surface area contributed by atoms with E-state index >= 15 is 0 Å². The van der Waals surface area contributed by atoms with Gasteiger partial charge in [0.1, 0.15) is 5.75 Å². The van der Waals surface area contributed by atoms with E-state index in [2.05, 4.69) is 4.98 Å². The summed E-state index contributed by atoms with van der Waals surface area (Å²) in [5, 5.41) is 23.2. The molecule has 0 bridgehead atoms. The number of anilines is 1. The topological polar surface area (TPSA) is 180 Å². The molecule has 0 spiro atoms. The number of benzene rings is 1. The number of ether oxygens (including phenoxy) is 1. The van der Waals surface area contributed by atoms with Crippen LogP contribution in [0.5, 0.6) is 11.6 Å². The van der Waals surface area contributed by atoms with Crippen LogP contribution in [0, 0.1) is 23.7 Å². The van der Waals surface area contributed by atoms with Gasteiger partial charge in [0.25, 0.3) is 0 Å². The van der Waals surface area contributed by atoms with Gasteiger partial charge in [-0.25, -0.2) is 4.98 Å². The second-order valence-electron chi connectivity index (χ2n) is 11.4. The van der Waals surface area contributed by atoms with Crippen molar-refractivity contribution in [3.05, 3.63) is 35.5 Å². The zero-order valence-electron chi connectivity index (χ0n) is 23.4. The molecule has 1 aromatic heterocycles. The van der Waals surface area contributed by atoms with Crippen molar-refractivity contribution in [1.29, 1.82) is 0 Å². The third-order valence-corrected chi connectivity index (χ3v) is 8.78. The Morgan fingerprint density at radius 1 is 1.12 bits per heavy atom. The molecule has 0 radical (unpaired) electrons. The van der Waals surface area contributed by atoms with Gasteiger partial charge in [0, 0.05) is 49.1 Å². The molecule has 3 aliphatic rings. The SMILES string of the molecule is COc1ccc(-c2cc(N(C)C)c3c(c2O)C(=O)C2C(=O)[C@]4(O)C(=O)C(C(N)=O)C(=O)[C@@H](N(C)C)[C@@H]4C[C@@H]2C3)cn1. The van der Waals surface area contributed by atoms with Crippen LogP contribution in [0.2, 0.25) is 0 Å². The van der Waals surface area contributed by atoms with Crippen molar-refractivity contribution in [2.75, 3.05) is 40.2 Å². The number of hydrogen-bond donors (Lipinski definition) is 3. The van der Waals surface area contributed by atoms with Gasteiger partial charge in [-0.3, -0.25) is 28.9 Å². The molecule has 2 unspecified atom stereocenters. The molecule has 1 amide bonds. The number of primary amides is 1. The van der Waals surface area contributed by atoms with E-state index in [1.807, 2.05) is 0 Å². The number of hydrogen-bond acceptors (Lipinski definition) is 11. The van der Waals surface area contributed by atoms with Crippen LogP contribution in [0.4, 0.5) is 5.69 Å². The summed E-state index contributed by atoms with van der Waals surface area (Å²) in [7, 11) is 8.14. The van der Waals surface area contributed by atoms with Gasteiger partial charge in [0.05, 0.1) is 24.6 Å². The summed E-state index contributed by atoms with van der Waals surface area (Å²) in [6.07, 6.45) is 1.65. The first-order chi connectivity index (χ1) is 19.2. The average molecular weight is 565 g/mol. The summed E-state index contributed by atoms with van der Waals surface area (Å²) < 4.78 is 5.11. The van der Waals surface area contributed by atoms with E-state index in [4.69, 9.17) is 10.5 Å². The number of amides is 1. The number of nitrogens with two attached hydrogens (primary N) is 1. The van der Waals surface area contributed by atoms with Crippen molar-refractivity contribution in [3.63, 3.8) is 0 Å². The summed E-state index contributed by atoms with van der Waals surface area (Å²) >= 11 is 0. The predicted molar refractivity (Wildman–Crippen MR) is 145 cm³/mol. The predicted octanol–water partition coefficient (Wildman–Crippen LogP) is 0.00360. The summed E-state index contributed by atoms with van der Waals surface area (Å²) in [5.74, 6) is -10.5. The van der Waals surface area contributed by atoms with E-state index in [1.54, 1.807) is 51.3 Å². The molecule has 5 rings (SSSR count). The number of aliphatic hydroxyl groups is 1. The number of aromatic hydroxyl groups is 1. The molecule has 3 aliphatic carbocycles. The summed E-state index contributed by atoms with van der Waals surface area (Å²) in [4.78, 5) is 74.5. The third kappa shape index (κ3) is 3.96. The molecule has 2 aromatic rings. The first kappa shape index (κ1) is 28.4. The first-order valence-corrected chi connectivity index (χ1v) is 13.2. The van der Waals surface area contributed by atoms with Gasteiger partial charge in [-0.05, 0) is 50.6 Å². The zero-order valence-corrected chi connectivity index (χ0v) is 23.4. The molecule has 6 atom stereocenters. The molecule has 12 nitrogen and oxygen atoms in total. The highest BCUT2D eigenvalue weighted by atomic mass is 16.5. The number of methoxy groups -OCH3 is 1. The Bertz CT molecular complexity index is 1500. The van der Waals surface area contributed by atoms with Gasteiger partial charge >= 0.3 is 0 Å². The van der Waals surface area contributed by atoms with E-state index in [-0.39, 0.29) is 24.2 Å². The zero-order chi connectivity index (χ0) is 30.1. The minimum absolute atomic E-state index is 0.0122. The van der Waals surface area contributed by atoms with Crippen LogP contribution in [0.25, 0.3) is 11.1 Å². The number of aromatic nitrogens is 1. The standard InChI is InChI=1S/C29H32N4O8/c1-32(2)17-10-14(12-6-7-18(41-5)31-11-12)23(34)20-15(17)8-13-9-16-22(33(3)4)25(36)21(28(30)39)27(38)29(16,40)26(37)19(13)24(20)35/h6-7,10-11,13,16,19,21-22,34,40H,8-9H2,1-5H3,(H2,30,39)/t13-,16-,19?,21?,22-,29-/m0/s1. The van der Waals surface area contributed by atoms with Gasteiger partial charge in [-0.15, -0.1) is 0 Å². The second kappa shape index (κ2) is 9.74. The molecule has 2 fully saturated rings. The largest absolute Gasteiger partial charge is 0.507 e. The highest BCUT2D eigenvalue weighted by molar-refractivity contribution is 6.32. The third-order valence-electron chi connectivity index (χ3n) is 8.78. The van der Waals surface area contributed by atoms with Crippen LogP contribution in [-0.2, 0) is 25.6 Å². The number of pyridine rings is 1. The highest BCUT2D eigenvalue weighted by Gasteiger charge is 2.69. The Labute approximate surface area is 236 Å². The van der Waals surface area contributed by atoms with Crippen LogP contribution in [0.15, 0.2) is 24.4 Å². The second-order valence-corrected chi connectivity index (χ2v) is 11.4. The summed E-state index contributed by atoms with van der Waals surface area (Å²) in [6.45, 7) is 0. The fraction of sp³-hybridized carbons (Fsp3) is 0.448. The monoisotopic (exact) mass is 564 g/mol. The lowest BCUT2D eigenvalue weighted by molar-refractivity contribution is -0.181. The van der Waals surface area contributed by atoms with Crippen molar-refractivity contribution >= 4 is 34.7 Å². The molecule has 0 saturated heterocycles. The number of rotatable bonds is 5. The van der Waals surface area contributed by atoms with Crippen LogP contribution in [-0.4, -0.2) is 96.1 Å². The first-order valence-electron chi connectivity index (χ1n) is 13.2. The normalized spacial score (nSPS) is 29.1. The number of nitrogens with zero attached hydrogens (tertiary/aromatic N) is 3. The summed E-state index contributed by atoms with van der Waals surface area (Å²) in [5.41, 5.74) is 4.48. The van der Waals surface area contributed by atoms with Crippen LogP contribution < -0.4 is 15.4 Å². The van der Waals surface area contributed by atoms with Crippen molar-refractivity contribution in [2.45, 2.75) is 24.5 Å². The number of ketones is 4. The maximum Gasteiger partial charge on any atom is 0.235 e. The molecule has 1 aromatic carbocycles. The molecule has 0 aliphatic heterocycles. The Hall–Kier alpha value is -4.16. The maximum atomic E-state index is 14.1.